The third kappa shape index (κ3) is 2.32. The third-order valence-corrected chi connectivity index (χ3v) is 3.22. The fourth-order valence-corrected chi connectivity index (χ4v) is 2.03. The normalized spacial score (nSPS) is 13.8. The second kappa shape index (κ2) is 5.36. The van der Waals surface area contributed by atoms with E-state index in [1.165, 1.54) is 18.6 Å². The molecular formula is C15H13N5O2. The molecule has 0 aliphatic carbocycles. The van der Waals surface area contributed by atoms with Crippen LogP contribution in [0.1, 0.15) is 26.5 Å². The van der Waals surface area contributed by atoms with Gasteiger partial charge in [-0.15, -0.1) is 0 Å². The van der Waals surface area contributed by atoms with E-state index in [4.69, 9.17) is 0 Å². The van der Waals surface area contributed by atoms with E-state index in [1.807, 2.05) is 43.3 Å². The number of imide groups is 1. The Morgan fingerprint density at radius 3 is 2.05 bits per heavy atom. The molecule has 110 valence electrons. The largest absolute Gasteiger partial charge is 0.378 e. The van der Waals surface area contributed by atoms with Crippen molar-refractivity contribution in [3.63, 3.8) is 0 Å². The second-order valence-electron chi connectivity index (χ2n) is 4.91. The van der Waals surface area contributed by atoms with Gasteiger partial charge in [0.1, 0.15) is 0 Å². The van der Waals surface area contributed by atoms with Crippen molar-refractivity contribution < 1.29 is 9.59 Å². The average molecular weight is 295 g/mol. The Balaban J connectivity index is 1.82. The Kier molecular flexibility index (Phi) is 3.38. The monoisotopic (exact) mass is 295 g/mol. The maximum absolute atomic E-state index is 12.1. The molecule has 1 aliphatic rings. The number of aromatic nitrogens is 2. The predicted molar refractivity (Wildman–Crippen MR) is 80.9 cm³/mol. The fourth-order valence-electron chi connectivity index (χ4n) is 2.03. The van der Waals surface area contributed by atoms with Gasteiger partial charge in [-0.25, -0.2) is 9.97 Å². The molecule has 2 heterocycles. The molecule has 3 rings (SSSR count). The summed E-state index contributed by atoms with van der Waals surface area (Å²) >= 11 is 0. The Morgan fingerprint density at radius 1 is 1.00 bits per heavy atom. The summed E-state index contributed by atoms with van der Waals surface area (Å²) in [5, 5.41) is 4.74. The minimum atomic E-state index is -0.561. The second-order valence-corrected chi connectivity index (χ2v) is 4.91. The van der Waals surface area contributed by atoms with Crippen molar-refractivity contribution in [3.8, 4) is 0 Å². The molecule has 2 amide bonds. The van der Waals surface area contributed by atoms with Crippen molar-refractivity contribution in [2.75, 3.05) is 19.0 Å². The molecule has 0 saturated carbocycles. The molecule has 0 N–H and O–H groups in total. The number of hydrogen-bond acceptors (Lipinski definition) is 6. The van der Waals surface area contributed by atoms with Gasteiger partial charge in [0.15, 0.2) is 11.4 Å². The van der Waals surface area contributed by atoms with Crippen molar-refractivity contribution in [3.05, 3.63) is 53.6 Å². The highest BCUT2D eigenvalue weighted by atomic mass is 16.2. The van der Waals surface area contributed by atoms with E-state index in [1.54, 1.807) is 0 Å². The smallest absolute Gasteiger partial charge is 0.302 e. The maximum Gasteiger partial charge on any atom is 0.302 e. The molecule has 0 fully saturated rings. The summed E-state index contributed by atoms with van der Waals surface area (Å²) in [4.78, 5) is 33.8. The molecule has 0 spiro atoms. The van der Waals surface area contributed by atoms with Crippen LogP contribution in [0.5, 0.6) is 0 Å². The van der Waals surface area contributed by atoms with E-state index in [-0.39, 0.29) is 11.4 Å². The summed E-state index contributed by atoms with van der Waals surface area (Å²) in [6.07, 6.45) is 4.20. The van der Waals surface area contributed by atoms with Gasteiger partial charge in [0.25, 0.3) is 0 Å². The Hall–Kier alpha value is -3.09. The molecule has 1 aliphatic heterocycles. The summed E-state index contributed by atoms with van der Waals surface area (Å²) in [6.45, 7) is 0. The minimum Gasteiger partial charge on any atom is -0.378 e. The number of fused-ring (bicyclic) bond motifs is 1. The number of carbonyl (C=O) groups excluding carboxylic acids is 2. The molecule has 0 radical (unpaired) electrons. The first-order valence-electron chi connectivity index (χ1n) is 6.59. The third-order valence-electron chi connectivity index (χ3n) is 3.22. The number of hydrazone groups is 1. The SMILES string of the molecule is CN(C)c1ccc(/C=N/N2C(=O)c3nccnc3C2=O)cc1. The van der Waals surface area contributed by atoms with Crippen LogP contribution in [0, 0.1) is 0 Å². The van der Waals surface area contributed by atoms with Crippen LogP contribution in [0.3, 0.4) is 0 Å². The van der Waals surface area contributed by atoms with E-state index in [0.29, 0.717) is 0 Å². The van der Waals surface area contributed by atoms with E-state index < -0.39 is 11.8 Å². The van der Waals surface area contributed by atoms with E-state index in [2.05, 4.69) is 15.1 Å². The number of hydrogen-bond donors (Lipinski definition) is 0. The van der Waals surface area contributed by atoms with Gasteiger partial charge in [0.05, 0.1) is 6.21 Å². The molecule has 7 heteroatoms. The molecule has 22 heavy (non-hydrogen) atoms. The van der Waals surface area contributed by atoms with Gasteiger partial charge in [-0.1, -0.05) is 12.1 Å². The van der Waals surface area contributed by atoms with Crippen LogP contribution in [0.15, 0.2) is 41.8 Å². The van der Waals surface area contributed by atoms with Crippen LogP contribution in [-0.4, -0.2) is 47.1 Å². The molecule has 1 aromatic heterocycles. The van der Waals surface area contributed by atoms with Gasteiger partial charge < -0.3 is 4.90 Å². The number of nitrogens with zero attached hydrogens (tertiary/aromatic N) is 5. The molecule has 0 atom stereocenters. The first-order chi connectivity index (χ1) is 10.6. The van der Waals surface area contributed by atoms with Gasteiger partial charge >= 0.3 is 11.8 Å². The molecule has 2 aromatic rings. The number of rotatable bonds is 3. The molecule has 7 nitrogen and oxygen atoms in total. The zero-order valence-corrected chi connectivity index (χ0v) is 12.1. The van der Waals surface area contributed by atoms with E-state index >= 15 is 0 Å². The zero-order chi connectivity index (χ0) is 15.7. The first-order valence-corrected chi connectivity index (χ1v) is 6.59. The lowest BCUT2D eigenvalue weighted by atomic mass is 10.2. The van der Waals surface area contributed by atoms with Gasteiger partial charge in [-0.2, -0.15) is 10.1 Å². The molecule has 1 aromatic carbocycles. The van der Waals surface area contributed by atoms with Gasteiger partial charge in [-0.3, -0.25) is 9.59 Å². The number of amides is 2. The lowest BCUT2D eigenvalue weighted by Crippen LogP contribution is -2.24. The standard InChI is InChI=1S/C15H13N5O2/c1-19(2)11-5-3-10(4-6-11)9-18-20-14(21)12-13(15(20)22)17-8-7-16-12/h3-9H,1-2H3/b18-9+. The Labute approximate surface area is 126 Å². The quantitative estimate of drug-likeness (QED) is 0.627. The summed E-state index contributed by atoms with van der Waals surface area (Å²) in [5.74, 6) is -1.12. The highest BCUT2D eigenvalue weighted by Gasteiger charge is 2.38. The minimum absolute atomic E-state index is 0.0348. The zero-order valence-electron chi connectivity index (χ0n) is 12.1. The van der Waals surface area contributed by atoms with Crippen molar-refractivity contribution in [1.29, 1.82) is 0 Å². The Bertz CT molecular complexity index is 733. The van der Waals surface area contributed by atoms with Gasteiger partial charge in [-0.05, 0) is 17.7 Å². The highest BCUT2D eigenvalue weighted by molar-refractivity contribution is 6.19. The van der Waals surface area contributed by atoms with Crippen LogP contribution in [0.25, 0.3) is 0 Å². The molecular weight excluding hydrogens is 282 g/mol. The first kappa shape index (κ1) is 13.9. The van der Waals surface area contributed by atoms with Crippen LogP contribution >= 0.6 is 0 Å². The van der Waals surface area contributed by atoms with E-state index in [9.17, 15) is 9.59 Å². The van der Waals surface area contributed by atoms with Crippen molar-refractivity contribution in [2.45, 2.75) is 0 Å². The van der Waals surface area contributed by atoms with Crippen LogP contribution in [0.2, 0.25) is 0 Å². The number of carbonyl (C=O) groups is 2. The van der Waals surface area contributed by atoms with Crippen molar-refractivity contribution >= 4 is 23.7 Å². The number of benzene rings is 1. The Morgan fingerprint density at radius 2 is 1.55 bits per heavy atom. The molecule has 0 saturated heterocycles. The fraction of sp³-hybridized carbons (Fsp3) is 0.133. The van der Waals surface area contributed by atoms with Crippen LogP contribution in [-0.2, 0) is 0 Å². The molecule has 0 unspecified atom stereocenters. The molecule has 0 bridgehead atoms. The van der Waals surface area contributed by atoms with Crippen molar-refractivity contribution in [1.82, 2.24) is 15.0 Å². The highest BCUT2D eigenvalue weighted by Crippen LogP contribution is 2.18. The summed E-state index contributed by atoms with van der Waals surface area (Å²) in [7, 11) is 3.89. The maximum atomic E-state index is 12.1. The summed E-state index contributed by atoms with van der Waals surface area (Å²) in [6, 6.07) is 7.56. The lowest BCUT2D eigenvalue weighted by Gasteiger charge is -2.11. The van der Waals surface area contributed by atoms with Crippen LogP contribution in [0.4, 0.5) is 5.69 Å². The van der Waals surface area contributed by atoms with Gasteiger partial charge in [0.2, 0.25) is 0 Å². The topological polar surface area (TPSA) is 78.8 Å². The number of anilines is 1. The average Bonchev–Trinajstić information content (AvgIpc) is 2.78. The predicted octanol–water partition coefficient (Wildman–Crippen LogP) is 1.17. The van der Waals surface area contributed by atoms with E-state index in [0.717, 1.165) is 16.3 Å². The van der Waals surface area contributed by atoms with Crippen molar-refractivity contribution in [2.24, 2.45) is 5.10 Å². The van der Waals surface area contributed by atoms with Gasteiger partial charge in [0, 0.05) is 32.2 Å². The summed E-state index contributed by atoms with van der Waals surface area (Å²) in [5.41, 5.74) is 1.90. The van der Waals surface area contributed by atoms with Crippen LogP contribution < -0.4 is 4.90 Å². The summed E-state index contributed by atoms with van der Waals surface area (Å²) < 4.78 is 0. The lowest BCUT2D eigenvalue weighted by molar-refractivity contribution is 0.0656.